The zero-order chi connectivity index (χ0) is 34.4. The summed E-state index contributed by atoms with van der Waals surface area (Å²) >= 11 is 1.84. The maximum atomic E-state index is 5.06. The Morgan fingerprint density at radius 1 is 0.327 bits per heavy atom. The second-order valence-corrected chi connectivity index (χ2v) is 13.9. The molecule has 0 spiro atoms. The highest BCUT2D eigenvalue weighted by molar-refractivity contribution is 7.24. The van der Waals surface area contributed by atoms with Crippen molar-refractivity contribution in [3.8, 4) is 67.5 Å². The summed E-state index contributed by atoms with van der Waals surface area (Å²) in [6.45, 7) is 0. The first kappa shape index (κ1) is 30.2. The summed E-state index contributed by atoms with van der Waals surface area (Å²) in [5.41, 5.74) is 12.3. The van der Waals surface area contributed by atoms with Crippen molar-refractivity contribution in [3.05, 3.63) is 182 Å². The van der Waals surface area contributed by atoms with E-state index in [-0.39, 0.29) is 0 Å². The standard InChI is InChI=1S/C47H30N4S/c1-3-11-31(12-4-1)33-19-25-36(26-20-33)44-48-45(37-27-21-34(22-28-37)32-13-5-2-6-14-32)50-46(49-44)38-29-23-35(24-30-38)43-39-15-7-8-16-40(39)51-41-17-9-10-18-42(41)52-47(43)51/h1-30H. The van der Waals surface area contributed by atoms with Gasteiger partial charge in [0.1, 0.15) is 4.83 Å². The molecule has 5 heteroatoms. The second-order valence-electron chi connectivity index (χ2n) is 12.9. The molecule has 0 N–H and O–H groups in total. The van der Waals surface area contributed by atoms with Gasteiger partial charge in [-0.3, -0.25) is 4.40 Å². The van der Waals surface area contributed by atoms with Crippen LogP contribution in [0.2, 0.25) is 0 Å². The van der Waals surface area contributed by atoms with Crippen molar-refractivity contribution < 1.29 is 0 Å². The van der Waals surface area contributed by atoms with Crippen molar-refractivity contribution >= 4 is 37.3 Å². The van der Waals surface area contributed by atoms with Crippen LogP contribution in [0, 0.1) is 0 Å². The minimum absolute atomic E-state index is 0.638. The Bertz CT molecular complexity index is 2750. The molecule has 0 saturated carbocycles. The van der Waals surface area contributed by atoms with Crippen LogP contribution in [-0.4, -0.2) is 19.4 Å². The summed E-state index contributed by atoms with van der Waals surface area (Å²) in [6.07, 6.45) is 0. The fourth-order valence-electron chi connectivity index (χ4n) is 7.10. The zero-order valence-corrected chi connectivity index (χ0v) is 28.8. The number of hydrogen-bond acceptors (Lipinski definition) is 4. The summed E-state index contributed by atoms with van der Waals surface area (Å²) in [5, 5.41) is 1.25. The molecule has 0 saturated heterocycles. The summed E-state index contributed by atoms with van der Waals surface area (Å²) in [6, 6.07) is 63.8. The van der Waals surface area contributed by atoms with Crippen LogP contribution in [0.3, 0.4) is 0 Å². The topological polar surface area (TPSA) is 43.1 Å². The smallest absolute Gasteiger partial charge is 0.164 e. The Morgan fingerprint density at radius 3 is 1.23 bits per heavy atom. The average Bonchev–Trinajstić information content (AvgIpc) is 3.76. The van der Waals surface area contributed by atoms with Gasteiger partial charge in [0.15, 0.2) is 17.5 Å². The Morgan fingerprint density at radius 2 is 0.712 bits per heavy atom. The van der Waals surface area contributed by atoms with E-state index in [1.165, 1.54) is 42.6 Å². The maximum absolute atomic E-state index is 5.06. The Kier molecular flexibility index (Phi) is 7.29. The normalized spacial score (nSPS) is 11.5. The number of fused-ring (bicyclic) bond motifs is 5. The van der Waals surface area contributed by atoms with Gasteiger partial charge in [0.05, 0.1) is 15.7 Å². The van der Waals surface area contributed by atoms with Crippen LogP contribution in [0.5, 0.6) is 0 Å². The molecule has 0 radical (unpaired) electrons. The third-order valence-electron chi connectivity index (χ3n) is 9.71. The van der Waals surface area contributed by atoms with Gasteiger partial charge in [-0.1, -0.05) is 164 Å². The fraction of sp³-hybridized carbons (Fsp3) is 0. The number of hydrogen-bond donors (Lipinski definition) is 0. The van der Waals surface area contributed by atoms with E-state index in [0.29, 0.717) is 17.5 Å². The molecule has 0 atom stereocenters. The molecule has 0 fully saturated rings. The molecule has 3 aromatic heterocycles. The van der Waals surface area contributed by atoms with E-state index in [9.17, 15) is 0 Å². The molecule has 10 rings (SSSR count). The monoisotopic (exact) mass is 682 g/mol. The maximum Gasteiger partial charge on any atom is 0.164 e. The average molecular weight is 683 g/mol. The number of rotatable bonds is 6. The number of nitrogens with zero attached hydrogens (tertiary/aromatic N) is 4. The molecule has 3 heterocycles. The fourth-order valence-corrected chi connectivity index (χ4v) is 8.33. The third-order valence-corrected chi connectivity index (χ3v) is 10.9. The minimum atomic E-state index is 0.638. The van der Waals surface area contributed by atoms with E-state index in [4.69, 9.17) is 15.0 Å². The van der Waals surface area contributed by atoms with Crippen LogP contribution < -0.4 is 0 Å². The molecule has 0 bridgehead atoms. The molecule has 52 heavy (non-hydrogen) atoms. The van der Waals surface area contributed by atoms with Crippen molar-refractivity contribution in [2.24, 2.45) is 0 Å². The summed E-state index contributed by atoms with van der Waals surface area (Å²) < 4.78 is 3.68. The van der Waals surface area contributed by atoms with E-state index in [0.717, 1.165) is 33.4 Å². The lowest BCUT2D eigenvalue weighted by Crippen LogP contribution is -2.00. The largest absolute Gasteiger partial charge is 0.299 e. The van der Waals surface area contributed by atoms with Gasteiger partial charge in [0, 0.05) is 27.6 Å². The molecule has 7 aromatic carbocycles. The number of benzene rings is 7. The van der Waals surface area contributed by atoms with Crippen molar-refractivity contribution in [1.82, 2.24) is 19.4 Å². The van der Waals surface area contributed by atoms with Crippen LogP contribution in [0.1, 0.15) is 0 Å². The predicted octanol–water partition coefficient (Wildman–Crippen LogP) is 12.5. The molecular formula is C47H30N4S. The van der Waals surface area contributed by atoms with Gasteiger partial charge in [-0.2, -0.15) is 0 Å². The lowest BCUT2D eigenvalue weighted by Gasteiger charge is -2.10. The summed E-state index contributed by atoms with van der Waals surface area (Å²) in [4.78, 5) is 16.4. The molecule has 0 aliphatic carbocycles. The van der Waals surface area contributed by atoms with Crippen molar-refractivity contribution in [2.75, 3.05) is 0 Å². The first-order valence-electron chi connectivity index (χ1n) is 17.4. The van der Waals surface area contributed by atoms with Gasteiger partial charge < -0.3 is 0 Å². The molecule has 0 aliphatic heterocycles. The predicted molar refractivity (Wildman–Crippen MR) is 216 cm³/mol. The molecule has 4 nitrogen and oxygen atoms in total. The van der Waals surface area contributed by atoms with Gasteiger partial charge >= 0.3 is 0 Å². The Labute approximate surface area is 305 Å². The van der Waals surface area contributed by atoms with E-state index >= 15 is 0 Å². The second kappa shape index (κ2) is 12.6. The van der Waals surface area contributed by atoms with Crippen LogP contribution in [0.4, 0.5) is 0 Å². The number of para-hydroxylation sites is 2. The number of thiazole rings is 1. The van der Waals surface area contributed by atoms with Gasteiger partial charge in [-0.25, -0.2) is 15.0 Å². The highest BCUT2D eigenvalue weighted by Crippen LogP contribution is 2.42. The van der Waals surface area contributed by atoms with Gasteiger partial charge in [0.2, 0.25) is 0 Å². The third kappa shape index (κ3) is 5.27. The van der Waals surface area contributed by atoms with Gasteiger partial charge in [-0.05, 0) is 46.0 Å². The van der Waals surface area contributed by atoms with E-state index in [2.05, 4.69) is 174 Å². The van der Waals surface area contributed by atoms with Crippen molar-refractivity contribution in [1.29, 1.82) is 0 Å². The SMILES string of the molecule is c1ccc(-c2ccc(-c3nc(-c4ccc(-c5ccccc5)cc4)nc(-c4ccc(-c5c6ccccc6n6c5sc5ccccc56)cc4)n3)cc2)cc1. The summed E-state index contributed by atoms with van der Waals surface area (Å²) in [5.74, 6) is 1.92. The van der Waals surface area contributed by atoms with Crippen LogP contribution >= 0.6 is 11.3 Å². The van der Waals surface area contributed by atoms with E-state index in [1.807, 2.05) is 23.5 Å². The van der Waals surface area contributed by atoms with Gasteiger partial charge in [-0.15, -0.1) is 11.3 Å². The molecule has 10 aromatic rings. The first-order valence-corrected chi connectivity index (χ1v) is 18.2. The molecule has 244 valence electrons. The highest BCUT2D eigenvalue weighted by Gasteiger charge is 2.19. The Hall–Kier alpha value is -6.69. The minimum Gasteiger partial charge on any atom is -0.299 e. The Balaban J connectivity index is 1.08. The van der Waals surface area contributed by atoms with E-state index in [1.54, 1.807) is 0 Å². The lowest BCUT2D eigenvalue weighted by molar-refractivity contribution is 1.07. The molecule has 0 unspecified atom stereocenters. The van der Waals surface area contributed by atoms with Crippen LogP contribution in [-0.2, 0) is 0 Å². The van der Waals surface area contributed by atoms with Crippen LogP contribution in [0.25, 0.3) is 93.5 Å². The van der Waals surface area contributed by atoms with Crippen LogP contribution in [0.15, 0.2) is 182 Å². The highest BCUT2D eigenvalue weighted by atomic mass is 32.1. The quantitative estimate of drug-likeness (QED) is 0.175. The van der Waals surface area contributed by atoms with Crippen molar-refractivity contribution in [2.45, 2.75) is 0 Å². The first-order chi connectivity index (χ1) is 25.8. The van der Waals surface area contributed by atoms with E-state index < -0.39 is 0 Å². The summed E-state index contributed by atoms with van der Waals surface area (Å²) in [7, 11) is 0. The lowest BCUT2D eigenvalue weighted by atomic mass is 10.0. The molecule has 0 amide bonds. The zero-order valence-electron chi connectivity index (χ0n) is 28.0. The molecular weight excluding hydrogens is 653 g/mol. The van der Waals surface area contributed by atoms with Crippen molar-refractivity contribution in [3.63, 3.8) is 0 Å². The molecule has 0 aliphatic rings. The number of aromatic nitrogens is 4. The van der Waals surface area contributed by atoms with Gasteiger partial charge in [0.25, 0.3) is 0 Å².